The minimum atomic E-state index is -0.928. The van der Waals surface area contributed by atoms with Crippen LogP contribution in [0.2, 0.25) is 0 Å². The van der Waals surface area contributed by atoms with E-state index in [4.69, 9.17) is 0 Å². The predicted molar refractivity (Wildman–Crippen MR) is 73.2 cm³/mol. The van der Waals surface area contributed by atoms with E-state index in [1.807, 2.05) is 13.8 Å². The molecule has 0 unspecified atom stereocenters. The molecule has 1 aliphatic rings. The minimum Gasteiger partial charge on any atom is -0.389 e. The van der Waals surface area contributed by atoms with Crippen LogP contribution in [-0.2, 0) is 0 Å². The Bertz CT molecular complexity index is 678. The molecule has 7 heteroatoms. The molecule has 0 bridgehead atoms. The average Bonchev–Trinajstić information content (AvgIpc) is 2.94. The van der Waals surface area contributed by atoms with Crippen LogP contribution in [0.15, 0.2) is 17.3 Å². The standard InChI is InChI=1S/C13H18N4O3/c1-5(2)7-11(18)12(19)9(17-7)6-3-14-10-8(6)15-4-16-13(10)20/h3-5,7,9,11-12,14,17-19H,1-2H3,(H,15,16,20)/t7-,9+,11-,12+/m1/s1. The summed E-state index contributed by atoms with van der Waals surface area (Å²) in [5.74, 6) is 0.186. The second-order valence-corrected chi connectivity index (χ2v) is 5.59. The molecule has 0 aliphatic carbocycles. The summed E-state index contributed by atoms with van der Waals surface area (Å²) < 4.78 is 0. The van der Waals surface area contributed by atoms with E-state index in [-0.39, 0.29) is 17.5 Å². The lowest BCUT2D eigenvalue weighted by molar-refractivity contribution is 0.0218. The molecule has 20 heavy (non-hydrogen) atoms. The summed E-state index contributed by atoms with van der Waals surface area (Å²) in [6, 6.07) is -0.637. The normalized spacial score (nSPS) is 30.4. The van der Waals surface area contributed by atoms with E-state index in [0.29, 0.717) is 16.6 Å². The van der Waals surface area contributed by atoms with Crippen molar-refractivity contribution in [1.82, 2.24) is 20.3 Å². The van der Waals surface area contributed by atoms with Crippen molar-refractivity contribution in [2.24, 2.45) is 5.92 Å². The van der Waals surface area contributed by atoms with Gasteiger partial charge in [0, 0.05) is 17.8 Å². The van der Waals surface area contributed by atoms with Gasteiger partial charge in [-0.1, -0.05) is 13.8 Å². The average molecular weight is 278 g/mol. The number of aliphatic hydroxyl groups excluding tert-OH is 2. The van der Waals surface area contributed by atoms with Gasteiger partial charge in [-0.3, -0.25) is 4.79 Å². The van der Waals surface area contributed by atoms with E-state index in [0.717, 1.165) is 0 Å². The molecule has 0 saturated carbocycles. The molecule has 0 aromatic carbocycles. The zero-order valence-corrected chi connectivity index (χ0v) is 11.3. The number of fused-ring (bicyclic) bond motifs is 1. The van der Waals surface area contributed by atoms with E-state index >= 15 is 0 Å². The third-order valence-electron chi connectivity index (χ3n) is 3.98. The lowest BCUT2D eigenvalue weighted by atomic mass is 9.97. The fourth-order valence-electron chi connectivity index (χ4n) is 2.88. The van der Waals surface area contributed by atoms with Gasteiger partial charge < -0.3 is 25.5 Å². The summed E-state index contributed by atoms with van der Waals surface area (Å²) >= 11 is 0. The van der Waals surface area contributed by atoms with Crippen LogP contribution in [0.4, 0.5) is 0 Å². The molecule has 4 atom stereocenters. The molecule has 108 valence electrons. The molecule has 0 amide bonds. The summed E-state index contributed by atoms with van der Waals surface area (Å²) in [6.07, 6.45) is 1.22. The van der Waals surface area contributed by atoms with Crippen molar-refractivity contribution in [1.29, 1.82) is 0 Å². The van der Waals surface area contributed by atoms with Crippen molar-refractivity contribution in [3.05, 3.63) is 28.4 Å². The van der Waals surface area contributed by atoms with E-state index in [9.17, 15) is 15.0 Å². The Morgan fingerprint density at radius 2 is 2.00 bits per heavy atom. The van der Waals surface area contributed by atoms with Crippen LogP contribution >= 0.6 is 0 Å². The first kappa shape index (κ1) is 13.3. The van der Waals surface area contributed by atoms with E-state index in [1.54, 1.807) is 6.20 Å². The number of hydrogen-bond donors (Lipinski definition) is 5. The van der Waals surface area contributed by atoms with Gasteiger partial charge in [-0.05, 0) is 5.92 Å². The number of nitrogens with zero attached hydrogens (tertiary/aromatic N) is 1. The van der Waals surface area contributed by atoms with Crippen LogP contribution in [-0.4, -0.2) is 43.4 Å². The fraction of sp³-hybridized carbons (Fsp3) is 0.538. The topological polar surface area (TPSA) is 114 Å². The quantitative estimate of drug-likeness (QED) is 0.515. The molecule has 1 saturated heterocycles. The monoisotopic (exact) mass is 278 g/mol. The number of aliphatic hydroxyl groups is 2. The summed E-state index contributed by atoms with van der Waals surface area (Å²) in [4.78, 5) is 21.2. The first-order chi connectivity index (χ1) is 9.50. The summed E-state index contributed by atoms with van der Waals surface area (Å²) in [7, 11) is 0. The maximum atomic E-state index is 11.7. The number of hydrogen-bond acceptors (Lipinski definition) is 5. The molecule has 0 spiro atoms. The molecule has 3 heterocycles. The summed E-state index contributed by atoms with van der Waals surface area (Å²) in [6.45, 7) is 3.96. The maximum Gasteiger partial charge on any atom is 0.275 e. The van der Waals surface area contributed by atoms with E-state index in [2.05, 4.69) is 20.3 Å². The lowest BCUT2D eigenvalue weighted by Gasteiger charge is -2.19. The van der Waals surface area contributed by atoms with Crippen molar-refractivity contribution in [3.63, 3.8) is 0 Å². The molecule has 7 nitrogen and oxygen atoms in total. The smallest absolute Gasteiger partial charge is 0.275 e. The zero-order valence-electron chi connectivity index (χ0n) is 11.3. The number of aromatic amines is 2. The van der Waals surface area contributed by atoms with Gasteiger partial charge in [-0.15, -0.1) is 0 Å². The van der Waals surface area contributed by atoms with Crippen molar-refractivity contribution in [2.45, 2.75) is 38.1 Å². The van der Waals surface area contributed by atoms with Crippen molar-refractivity contribution in [3.8, 4) is 0 Å². The Morgan fingerprint density at radius 3 is 2.65 bits per heavy atom. The van der Waals surface area contributed by atoms with Crippen LogP contribution in [0.3, 0.4) is 0 Å². The highest BCUT2D eigenvalue weighted by molar-refractivity contribution is 5.78. The molecule has 2 aromatic heterocycles. The minimum absolute atomic E-state index is 0.186. The molecular weight excluding hydrogens is 260 g/mol. The maximum absolute atomic E-state index is 11.7. The fourth-order valence-corrected chi connectivity index (χ4v) is 2.88. The highest BCUT2D eigenvalue weighted by Gasteiger charge is 2.43. The van der Waals surface area contributed by atoms with Gasteiger partial charge in [0.05, 0.1) is 18.5 Å². The first-order valence-electron chi connectivity index (χ1n) is 6.67. The molecular formula is C13H18N4O3. The highest BCUT2D eigenvalue weighted by Crippen LogP contribution is 2.32. The third-order valence-corrected chi connectivity index (χ3v) is 3.98. The Morgan fingerprint density at radius 1 is 1.25 bits per heavy atom. The van der Waals surface area contributed by atoms with Crippen molar-refractivity contribution in [2.75, 3.05) is 0 Å². The number of rotatable bonds is 2. The second kappa shape index (κ2) is 4.69. The largest absolute Gasteiger partial charge is 0.389 e. The van der Waals surface area contributed by atoms with Gasteiger partial charge in [-0.2, -0.15) is 0 Å². The highest BCUT2D eigenvalue weighted by atomic mass is 16.3. The van der Waals surface area contributed by atoms with Crippen molar-refractivity contribution >= 4 is 11.0 Å². The van der Waals surface area contributed by atoms with Gasteiger partial charge in [0.1, 0.15) is 17.1 Å². The van der Waals surface area contributed by atoms with E-state index in [1.165, 1.54) is 6.33 Å². The first-order valence-corrected chi connectivity index (χ1v) is 6.67. The van der Waals surface area contributed by atoms with Gasteiger partial charge in [0.25, 0.3) is 5.56 Å². The van der Waals surface area contributed by atoms with Crippen LogP contribution < -0.4 is 10.9 Å². The number of aromatic nitrogens is 3. The SMILES string of the molecule is CC(C)[C@H]1N[C@@H](c2c[nH]c3c(=O)[nH]cnc23)[C@H](O)[C@@H]1O. The van der Waals surface area contributed by atoms with Crippen molar-refractivity contribution < 1.29 is 10.2 Å². The van der Waals surface area contributed by atoms with Gasteiger partial charge in [-0.25, -0.2) is 4.98 Å². The molecule has 2 aromatic rings. The molecule has 3 rings (SSSR count). The van der Waals surface area contributed by atoms with Crippen LogP contribution in [0.25, 0.3) is 11.0 Å². The zero-order chi connectivity index (χ0) is 14.4. The Kier molecular flexibility index (Phi) is 3.12. The Balaban J connectivity index is 2.04. The molecule has 1 aliphatic heterocycles. The van der Waals surface area contributed by atoms with Crippen LogP contribution in [0.1, 0.15) is 25.5 Å². The van der Waals surface area contributed by atoms with Gasteiger partial charge >= 0.3 is 0 Å². The van der Waals surface area contributed by atoms with Gasteiger partial charge in [0.2, 0.25) is 0 Å². The third kappa shape index (κ3) is 1.86. The Hall–Kier alpha value is -1.70. The predicted octanol–water partition coefficient (Wildman–Crippen LogP) is -0.358. The van der Waals surface area contributed by atoms with Crippen LogP contribution in [0.5, 0.6) is 0 Å². The van der Waals surface area contributed by atoms with E-state index < -0.39 is 18.2 Å². The number of nitrogens with one attached hydrogen (secondary N) is 3. The molecule has 0 radical (unpaired) electrons. The lowest BCUT2D eigenvalue weighted by Crippen LogP contribution is -2.37. The number of H-pyrrole nitrogens is 2. The Labute approximate surface area is 115 Å². The summed E-state index contributed by atoms with van der Waals surface area (Å²) in [5.41, 5.74) is 1.33. The van der Waals surface area contributed by atoms with Gasteiger partial charge in [0.15, 0.2) is 0 Å². The molecule has 1 fully saturated rings. The van der Waals surface area contributed by atoms with Crippen LogP contribution in [0, 0.1) is 5.92 Å². The molecule has 5 N–H and O–H groups in total. The second-order valence-electron chi connectivity index (χ2n) is 5.59. The summed E-state index contributed by atoms with van der Waals surface area (Å²) in [5, 5.41) is 23.6.